The molecule has 0 spiro atoms. The molecule has 1 atom stereocenters. The molecule has 25 heavy (non-hydrogen) atoms. The fourth-order valence-corrected chi connectivity index (χ4v) is 3.26. The van der Waals surface area contributed by atoms with Gasteiger partial charge in [0.15, 0.2) is 0 Å². The van der Waals surface area contributed by atoms with Crippen LogP contribution in [0.25, 0.3) is 0 Å². The molecule has 0 radical (unpaired) electrons. The van der Waals surface area contributed by atoms with E-state index in [1.54, 1.807) is 0 Å². The van der Waals surface area contributed by atoms with E-state index in [2.05, 4.69) is 15.1 Å². The fourth-order valence-electron chi connectivity index (χ4n) is 3.13. The second-order valence-corrected chi connectivity index (χ2v) is 6.88. The summed E-state index contributed by atoms with van der Waals surface area (Å²) in [5.74, 6) is 0.0799. The highest BCUT2D eigenvalue weighted by atomic mass is 35.5. The second-order valence-electron chi connectivity index (χ2n) is 6.44. The molecule has 2 aromatic rings. The Hall–Kier alpha value is -2.04. The maximum atomic E-state index is 12.3. The summed E-state index contributed by atoms with van der Waals surface area (Å²) in [6.45, 7) is 6.08. The molecule has 1 aliphatic heterocycles. The Morgan fingerprint density at radius 2 is 1.68 bits per heavy atom. The Bertz CT molecular complexity index is 682. The summed E-state index contributed by atoms with van der Waals surface area (Å²) in [6.07, 6.45) is 0. The van der Waals surface area contributed by atoms with E-state index in [1.165, 1.54) is 5.69 Å². The van der Waals surface area contributed by atoms with Crippen LogP contribution in [0.2, 0.25) is 5.02 Å². The molecular formula is C20H24ClN3O. The van der Waals surface area contributed by atoms with Gasteiger partial charge in [0.1, 0.15) is 0 Å². The average molecular weight is 358 g/mol. The number of hydrogen-bond donors (Lipinski definition) is 1. The third-order valence-electron chi connectivity index (χ3n) is 4.61. The van der Waals surface area contributed by atoms with E-state index in [0.717, 1.165) is 36.8 Å². The van der Waals surface area contributed by atoms with Gasteiger partial charge >= 0.3 is 0 Å². The zero-order valence-corrected chi connectivity index (χ0v) is 15.2. The molecule has 0 aliphatic carbocycles. The average Bonchev–Trinajstić information content (AvgIpc) is 2.64. The van der Waals surface area contributed by atoms with Crippen molar-refractivity contribution in [3.05, 3.63) is 65.2 Å². The molecule has 4 nitrogen and oxygen atoms in total. The number of nitrogens with one attached hydrogen (secondary N) is 1. The highest BCUT2D eigenvalue weighted by molar-refractivity contribution is 6.30. The van der Waals surface area contributed by atoms with Crippen LogP contribution in [0.5, 0.6) is 0 Å². The van der Waals surface area contributed by atoms with Gasteiger partial charge < -0.3 is 10.2 Å². The van der Waals surface area contributed by atoms with Crippen LogP contribution < -0.4 is 10.2 Å². The van der Waals surface area contributed by atoms with Crippen molar-refractivity contribution in [3.8, 4) is 0 Å². The lowest BCUT2D eigenvalue weighted by molar-refractivity contribution is -0.123. The summed E-state index contributed by atoms with van der Waals surface area (Å²) in [7, 11) is 0. The number of carbonyl (C=O) groups is 1. The third kappa shape index (κ3) is 4.97. The quantitative estimate of drug-likeness (QED) is 0.891. The summed E-state index contributed by atoms with van der Waals surface area (Å²) in [4.78, 5) is 16.8. The lowest BCUT2D eigenvalue weighted by atomic mass is 10.1. The number of benzene rings is 2. The maximum absolute atomic E-state index is 12.3. The fraction of sp³-hybridized carbons (Fsp3) is 0.350. The molecule has 1 N–H and O–H groups in total. The zero-order chi connectivity index (χ0) is 17.6. The molecule has 0 saturated carbocycles. The molecule has 1 heterocycles. The van der Waals surface area contributed by atoms with Gasteiger partial charge in [0.05, 0.1) is 12.6 Å². The highest BCUT2D eigenvalue weighted by Gasteiger charge is 2.20. The van der Waals surface area contributed by atoms with Crippen LogP contribution in [0.15, 0.2) is 54.6 Å². The van der Waals surface area contributed by atoms with Crippen molar-refractivity contribution < 1.29 is 4.79 Å². The third-order valence-corrected chi connectivity index (χ3v) is 4.86. The van der Waals surface area contributed by atoms with Gasteiger partial charge in [-0.1, -0.05) is 41.9 Å². The molecule has 132 valence electrons. The number of carbonyl (C=O) groups excluding carboxylic acids is 1. The van der Waals surface area contributed by atoms with Crippen molar-refractivity contribution in [3.63, 3.8) is 0 Å². The van der Waals surface area contributed by atoms with Crippen LogP contribution in [-0.2, 0) is 4.79 Å². The predicted molar refractivity (Wildman–Crippen MR) is 103 cm³/mol. The first-order chi connectivity index (χ1) is 12.1. The minimum Gasteiger partial charge on any atom is -0.369 e. The van der Waals surface area contributed by atoms with Crippen molar-refractivity contribution in [2.45, 2.75) is 13.0 Å². The Balaban J connectivity index is 1.45. The normalized spacial score (nSPS) is 16.5. The Morgan fingerprint density at radius 3 is 2.32 bits per heavy atom. The summed E-state index contributed by atoms with van der Waals surface area (Å²) < 4.78 is 0. The highest BCUT2D eigenvalue weighted by Crippen LogP contribution is 2.19. The smallest absolute Gasteiger partial charge is 0.234 e. The topological polar surface area (TPSA) is 35.6 Å². The van der Waals surface area contributed by atoms with Gasteiger partial charge in [-0.15, -0.1) is 0 Å². The van der Waals surface area contributed by atoms with Crippen molar-refractivity contribution in [2.75, 3.05) is 37.6 Å². The molecule has 1 aliphatic rings. The lowest BCUT2D eigenvalue weighted by Gasteiger charge is -2.35. The molecule has 1 amide bonds. The number of nitrogens with zero attached hydrogens (tertiary/aromatic N) is 2. The largest absolute Gasteiger partial charge is 0.369 e. The molecule has 0 aromatic heterocycles. The number of hydrogen-bond acceptors (Lipinski definition) is 3. The van der Waals surface area contributed by atoms with E-state index < -0.39 is 0 Å². The molecule has 2 aromatic carbocycles. The van der Waals surface area contributed by atoms with Crippen LogP contribution in [0.4, 0.5) is 5.69 Å². The van der Waals surface area contributed by atoms with E-state index in [4.69, 9.17) is 11.6 Å². The van der Waals surface area contributed by atoms with Crippen LogP contribution in [0, 0.1) is 0 Å². The summed E-state index contributed by atoms with van der Waals surface area (Å²) in [5.41, 5.74) is 2.31. The standard InChI is InChI=1S/C20H24ClN3O/c1-16(17-5-3-2-4-6-17)22-20(25)15-23-11-13-24(14-12-23)19-9-7-18(21)8-10-19/h2-10,16H,11-15H2,1H3,(H,22,25). The van der Waals surface area contributed by atoms with Gasteiger partial charge in [-0.25, -0.2) is 0 Å². The number of amides is 1. The number of piperazine rings is 1. The maximum Gasteiger partial charge on any atom is 0.234 e. The molecule has 1 fully saturated rings. The second kappa shape index (κ2) is 8.37. The first kappa shape index (κ1) is 17.8. The molecule has 0 bridgehead atoms. The number of rotatable bonds is 5. The SMILES string of the molecule is CC(NC(=O)CN1CCN(c2ccc(Cl)cc2)CC1)c1ccccc1. The summed E-state index contributed by atoms with van der Waals surface area (Å²) in [5, 5.41) is 3.84. The molecule has 3 rings (SSSR count). The first-order valence-electron chi connectivity index (χ1n) is 8.69. The molecular weight excluding hydrogens is 334 g/mol. The van der Waals surface area contributed by atoms with Gasteiger partial charge in [0, 0.05) is 36.9 Å². The van der Waals surface area contributed by atoms with Crippen molar-refractivity contribution in [2.24, 2.45) is 0 Å². The van der Waals surface area contributed by atoms with Crippen LogP contribution >= 0.6 is 11.6 Å². The first-order valence-corrected chi connectivity index (χ1v) is 9.07. The van der Waals surface area contributed by atoms with Gasteiger partial charge in [0.25, 0.3) is 0 Å². The number of anilines is 1. The summed E-state index contributed by atoms with van der Waals surface area (Å²) >= 11 is 5.95. The zero-order valence-electron chi connectivity index (χ0n) is 14.5. The van der Waals surface area contributed by atoms with Crippen LogP contribution in [-0.4, -0.2) is 43.5 Å². The van der Waals surface area contributed by atoms with E-state index in [0.29, 0.717) is 6.54 Å². The minimum atomic E-state index is 0.0315. The lowest BCUT2D eigenvalue weighted by Crippen LogP contribution is -2.49. The van der Waals surface area contributed by atoms with Crippen molar-refractivity contribution in [1.29, 1.82) is 0 Å². The Labute approximate surface area is 154 Å². The summed E-state index contributed by atoms with van der Waals surface area (Å²) in [6, 6.07) is 18.0. The van der Waals surface area contributed by atoms with Gasteiger partial charge in [0.2, 0.25) is 5.91 Å². The Morgan fingerprint density at radius 1 is 1.04 bits per heavy atom. The van der Waals surface area contributed by atoms with E-state index in [1.807, 2.05) is 61.5 Å². The van der Waals surface area contributed by atoms with Gasteiger partial charge in [-0.2, -0.15) is 0 Å². The van der Waals surface area contributed by atoms with E-state index in [9.17, 15) is 4.79 Å². The molecule has 1 saturated heterocycles. The molecule has 1 unspecified atom stereocenters. The monoisotopic (exact) mass is 357 g/mol. The minimum absolute atomic E-state index is 0.0315. The van der Waals surface area contributed by atoms with E-state index in [-0.39, 0.29) is 11.9 Å². The van der Waals surface area contributed by atoms with Crippen molar-refractivity contribution in [1.82, 2.24) is 10.2 Å². The van der Waals surface area contributed by atoms with Crippen LogP contribution in [0.1, 0.15) is 18.5 Å². The number of halogens is 1. The van der Waals surface area contributed by atoms with Crippen LogP contribution in [0.3, 0.4) is 0 Å². The molecule has 5 heteroatoms. The van der Waals surface area contributed by atoms with Crippen molar-refractivity contribution >= 4 is 23.2 Å². The van der Waals surface area contributed by atoms with E-state index >= 15 is 0 Å². The Kier molecular flexibility index (Phi) is 5.95. The van der Waals surface area contributed by atoms with Gasteiger partial charge in [-0.3, -0.25) is 9.69 Å². The predicted octanol–water partition coefficient (Wildman–Crippen LogP) is 3.34. The van der Waals surface area contributed by atoms with Gasteiger partial charge in [-0.05, 0) is 36.8 Å².